The molecule has 0 amide bonds. The van der Waals surface area contributed by atoms with Gasteiger partial charge >= 0.3 is 12.1 Å². The number of rotatable bonds is 10. The van der Waals surface area contributed by atoms with Crippen molar-refractivity contribution in [2.24, 2.45) is 5.73 Å². The Kier molecular flexibility index (Phi) is 8.72. The van der Waals surface area contributed by atoms with Crippen molar-refractivity contribution in [3.63, 3.8) is 0 Å². The quantitative estimate of drug-likeness (QED) is 0.495. The van der Waals surface area contributed by atoms with Crippen LogP contribution in [0.25, 0.3) is 0 Å². The molecule has 0 saturated heterocycles. The molecule has 28 heavy (non-hydrogen) atoms. The van der Waals surface area contributed by atoms with Crippen LogP contribution in [-0.4, -0.2) is 34.8 Å². The standard InChI is InChI=1S/C20H22F3NO2S2/c21-20(22,23)17(10-12-27-13-11-18(24)19(25)26)14-6-8-16(9-7-14)28-15-4-2-1-3-5-15/h1-9,17-18H,10-13,24H2,(H,25,26). The van der Waals surface area contributed by atoms with Gasteiger partial charge in [-0.15, -0.1) is 0 Å². The number of benzene rings is 2. The Balaban J connectivity index is 1.92. The summed E-state index contributed by atoms with van der Waals surface area (Å²) in [5.74, 6) is -1.92. The topological polar surface area (TPSA) is 63.3 Å². The smallest absolute Gasteiger partial charge is 0.395 e. The Labute approximate surface area is 170 Å². The van der Waals surface area contributed by atoms with Crippen LogP contribution in [-0.2, 0) is 4.79 Å². The SMILES string of the molecule is NC(CCSCCC(c1ccc(Sc2ccccc2)cc1)C(F)(F)F)C(=O)O. The van der Waals surface area contributed by atoms with Crippen molar-refractivity contribution in [2.45, 2.75) is 40.8 Å². The van der Waals surface area contributed by atoms with Gasteiger partial charge in [0, 0.05) is 9.79 Å². The van der Waals surface area contributed by atoms with E-state index in [1.54, 1.807) is 12.1 Å². The summed E-state index contributed by atoms with van der Waals surface area (Å²) in [7, 11) is 0. The van der Waals surface area contributed by atoms with Crippen LogP contribution in [0, 0.1) is 0 Å². The van der Waals surface area contributed by atoms with Crippen molar-refractivity contribution in [2.75, 3.05) is 11.5 Å². The van der Waals surface area contributed by atoms with E-state index in [1.165, 1.54) is 35.7 Å². The zero-order chi connectivity index (χ0) is 20.6. The molecular weight excluding hydrogens is 407 g/mol. The van der Waals surface area contributed by atoms with E-state index in [2.05, 4.69) is 0 Å². The maximum atomic E-state index is 13.5. The Morgan fingerprint density at radius 1 is 0.964 bits per heavy atom. The van der Waals surface area contributed by atoms with Crippen LogP contribution in [0.15, 0.2) is 64.4 Å². The monoisotopic (exact) mass is 429 g/mol. The number of nitrogens with two attached hydrogens (primary N) is 1. The number of carbonyl (C=O) groups is 1. The molecule has 3 nitrogen and oxygen atoms in total. The number of alkyl halides is 3. The van der Waals surface area contributed by atoms with Crippen LogP contribution < -0.4 is 5.73 Å². The van der Waals surface area contributed by atoms with Gasteiger partial charge in [0.1, 0.15) is 6.04 Å². The molecule has 0 aliphatic rings. The van der Waals surface area contributed by atoms with E-state index in [0.717, 1.165) is 9.79 Å². The highest BCUT2D eigenvalue weighted by atomic mass is 32.2. The van der Waals surface area contributed by atoms with E-state index in [9.17, 15) is 18.0 Å². The number of halogens is 3. The molecule has 8 heteroatoms. The van der Waals surface area contributed by atoms with Crippen LogP contribution in [0.1, 0.15) is 24.3 Å². The van der Waals surface area contributed by atoms with Gasteiger partial charge in [-0.05, 0) is 54.2 Å². The van der Waals surface area contributed by atoms with E-state index in [-0.39, 0.29) is 24.2 Å². The first-order valence-corrected chi connectivity index (χ1v) is 10.7. The van der Waals surface area contributed by atoms with E-state index < -0.39 is 24.1 Å². The Bertz CT molecular complexity index is 739. The number of carboxylic acid groups (broad SMARTS) is 1. The number of hydrogen-bond donors (Lipinski definition) is 2. The van der Waals surface area contributed by atoms with Gasteiger partial charge in [-0.3, -0.25) is 4.79 Å². The lowest BCUT2D eigenvalue weighted by Gasteiger charge is -2.21. The third kappa shape index (κ3) is 7.41. The predicted molar refractivity (Wildman–Crippen MR) is 108 cm³/mol. The molecule has 2 aromatic rings. The molecule has 0 spiro atoms. The van der Waals surface area contributed by atoms with Gasteiger partial charge in [-0.2, -0.15) is 24.9 Å². The molecule has 2 atom stereocenters. The van der Waals surface area contributed by atoms with Gasteiger partial charge in [0.25, 0.3) is 0 Å². The fourth-order valence-corrected chi connectivity index (χ4v) is 4.41. The first kappa shape index (κ1) is 22.6. The second-order valence-electron chi connectivity index (χ2n) is 6.21. The summed E-state index contributed by atoms with van der Waals surface area (Å²) >= 11 is 2.80. The van der Waals surface area contributed by atoms with E-state index >= 15 is 0 Å². The van der Waals surface area contributed by atoms with Crippen LogP contribution in [0.3, 0.4) is 0 Å². The maximum absolute atomic E-state index is 13.5. The summed E-state index contributed by atoms with van der Waals surface area (Å²) in [6, 6.07) is 15.2. The minimum atomic E-state index is -4.33. The first-order chi connectivity index (χ1) is 13.3. The van der Waals surface area contributed by atoms with Crippen molar-refractivity contribution in [1.29, 1.82) is 0 Å². The minimum absolute atomic E-state index is 0.0539. The van der Waals surface area contributed by atoms with Gasteiger partial charge in [0.05, 0.1) is 5.92 Å². The van der Waals surface area contributed by atoms with E-state index in [4.69, 9.17) is 10.8 Å². The number of thioether (sulfide) groups is 1. The maximum Gasteiger partial charge on any atom is 0.395 e. The average Bonchev–Trinajstić information content (AvgIpc) is 2.65. The van der Waals surface area contributed by atoms with Crippen molar-refractivity contribution in [3.05, 3.63) is 60.2 Å². The zero-order valence-electron chi connectivity index (χ0n) is 15.1. The summed E-state index contributed by atoms with van der Waals surface area (Å²) in [6.07, 6.45) is -4.14. The van der Waals surface area contributed by atoms with Crippen molar-refractivity contribution in [3.8, 4) is 0 Å². The number of hydrogen-bond acceptors (Lipinski definition) is 4. The number of aliphatic carboxylic acids is 1. The molecule has 0 radical (unpaired) electrons. The highest BCUT2D eigenvalue weighted by Crippen LogP contribution is 2.39. The lowest BCUT2D eigenvalue weighted by atomic mass is 9.96. The summed E-state index contributed by atoms with van der Waals surface area (Å²) in [4.78, 5) is 12.6. The highest BCUT2D eigenvalue weighted by molar-refractivity contribution is 7.99. The largest absolute Gasteiger partial charge is 0.480 e. The molecular formula is C20H22F3NO2S2. The minimum Gasteiger partial charge on any atom is -0.480 e. The summed E-state index contributed by atoms with van der Waals surface area (Å²) in [5, 5.41) is 8.71. The Hall–Kier alpha value is -1.64. The number of carboxylic acids is 1. The molecule has 0 aliphatic heterocycles. The third-order valence-electron chi connectivity index (χ3n) is 4.10. The predicted octanol–water partition coefficient (Wildman–Crippen LogP) is 5.41. The molecule has 3 N–H and O–H groups in total. The van der Waals surface area contributed by atoms with Crippen molar-refractivity contribution < 1.29 is 23.1 Å². The Morgan fingerprint density at radius 3 is 2.11 bits per heavy atom. The fraction of sp³-hybridized carbons (Fsp3) is 0.350. The van der Waals surface area contributed by atoms with Gasteiger partial charge in [-0.25, -0.2) is 0 Å². The lowest BCUT2D eigenvalue weighted by molar-refractivity contribution is -0.150. The summed E-state index contributed by atoms with van der Waals surface area (Å²) in [6.45, 7) is 0. The van der Waals surface area contributed by atoms with Crippen molar-refractivity contribution >= 4 is 29.5 Å². The summed E-state index contributed by atoms with van der Waals surface area (Å²) < 4.78 is 40.5. The zero-order valence-corrected chi connectivity index (χ0v) is 16.7. The van der Waals surface area contributed by atoms with Gasteiger partial charge in [0.15, 0.2) is 0 Å². The molecule has 0 bridgehead atoms. The molecule has 0 saturated carbocycles. The van der Waals surface area contributed by atoms with Crippen molar-refractivity contribution in [1.82, 2.24) is 0 Å². The van der Waals surface area contributed by atoms with Crippen LogP contribution in [0.2, 0.25) is 0 Å². The highest BCUT2D eigenvalue weighted by Gasteiger charge is 2.40. The third-order valence-corrected chi connectivity index (χ3v) is 6.16. The molecule has 0 aromatic heterocycles. The normalized spacial score (nSPS) is 13.9. The first-order valence-electron chi connectivity index (χ1n) is 8.73. The second-order valence-corrected chi connectivity index (χ2v) is 8.58. The molecule has 0 heterocycles. The van der Waals surface area contributed by atoms with E-state index in [1.807, 2.05) is 30.3 Å². The second kappa shape index (κ2) is 10.8. The van der Waals surface area contributed by atoms with E-state index in [0.29, 0.717) is 5.75 Å². The summed E-state index contributed by atoms with van der Waals surface area (Å²) in [5.41, 5.74) is 5.64. The molecule has 2 unspecified atom stereocenters. The van der Waals surface area contributed by atoms with Gasteiger partial charge in [0.2, 0.25) is 0 Å². The van der Waals surface area contributed by atoms with Gasteiger partial charge in [-0.1, -0.05) is 42.1 Å². The molecule has 0 aliphatic carbocycles. The molecule has 2 rings (SSSR count). The lowest BCUT2D eigenvalue weighted by Crippen LogP contribution is -2.30. The van der Waals surface area contributed by atoms with Gasteiger partial charge < -0.3 is 10.8 Å². The van der Waals surface area contributed by atoms with Crippen LogP contribution in [0.4, 0.5) is 13.2 Å². The molecule has 152 valence electrons. The fourth-order valence-electron chi connectivity index (χ4n) is 2.55. The Morgan fingerprint density at radius 2 is 1.54 bits per heavy atom. The molecule has 0 fully saturated rings. The van der Waals surface area contributed by atoms with Crippen LogP contribution in [0.5, 0.6) is 0 Å². The van der Waals surface area contributed by atoms with Crippen LogP contribution >= 0.6 is 23.5 Å². The molecule has 2 aromatic carbocycles. The average molecular weight is 430 g/mol.